The molecule has 6 heteroatoms. The number of halogens is 3. The van der Waals surface area contributed by atoms with Gasteiger partial charge in [-0.3, -0.25) is 0 Å². The van der Waals surface area contributed by atoms with Crippen molar-refractivity contribution in [3.05, 3.63) is 53.6 Å². The first-order chi connectivity index (χ1) is 8.61. The second-order valence-electron chi connectivity index (χ2n) is 3.39. The van der Waals surface area contributed by atoms with Gasteiger partial charge < -0.3 is 5.32 Å². The fourth-order valence-corrected chi connectivity index (χ4v) is 1.39. The Labute approximate surface area is 101 Å². The Kier molecular flexibility index (Phi) is 3.15. The lowest BCUT2D eigenvalue weighted by Crippen LogP contribution is -2.00. The molecule has 2 aromatic rings. The molecule has 0 unspecified atom stereocenters. The molecule has 1 aromatic heterocycles. The molecule has 1 N–H and O–H groups in total. The second kappa shape index (κ2) is 4.75. The Morgan fingerprint density at radius 3 is 2.67 bits per heavy atom. The lowest BCUT2D eigenvalue weighted by molar-refractivity contribution is 0.498. The molecule has 1 aromatic carbocycles. The van der Waals surface area contributed by atoms with Crippen LogP contribution in [0.15, 0.2) is 30.5 Å². The van der Waals surface area contributed by atoms with E-state index in [1.807, 2.05) is 0 Å². The molecule has 0 bridgehead atoms. The van der Waals surface area contributed by atoms with Gasteiger partial charge in [-0.25, -0.2) is 18.2 Å². The second-order valence-corrected chi connectivity index (χ2v) is 3.39. The summed E-state index contributed by atoms with van der Waals surface area (Å²) in [4.78, 5) is 3.73. The Bertz CT molecular complexity index is 635. The highest BCUT2D eigenvalue weighted by atomic mass is 19.2. The predicted molar refractivity (Wildman–Crippen MR) is 58.6 cm³/mol. The first-order valence-corrected chi connectivity index (χ1v) is 4.88. The summed E-state index contributed by atoms with van der Waals surface area (Å²) >= 11 is 0. The molecule has 0 aliphatic rings. The molecule has 90 valence electrons. The van der Waals surface area contributed by atoms with Crippen LogP contribution in [0.25, 0.3) is 0 Å². The van der Waals surface area contributed by atoms with Gasteiger partial charge in [-0.1, -0.05) is 0 Å². The van der Waals surface area contributed by atoms with Gasteiger partial charge in [0.15, 0.2) is 17.3 Å². The molecular weight excluding hydrogens is 243 g/mol. The quantitative estimate of drug-likeness (QED) is 0.832. The van der Waals surface area contributed by atoms with Crippen molar-refractivity contribution in [2.24, 2.45) is 0 Å². The zero-order valence-corrected chi connectivity index (χ0v) is 8.92. The third kappa shape index (κ3) is 2.25. The standard InChI is InChI=1S/C12H6F3N3/c13-7-4-8(14)12(15)10(5-7)18-9-2-1-3-17-11(9)6-16/h1-5,18H. The van der Waals surface area contributed by atoms with Crippen LogP contribution in [0.2, 0.25) is 0 Å². The zero-order valence-electron chi connectivity index (χ0n) is 8.92. The van der Waals surface area contributed by atoms with Gasteiger partial charge in [0.25, 0.3) is 0 Å². The van der Waals surface area contributed by atoms with Crippen LogP contribution in [0.1, 0.15) is 5.69 Å². The molecule has 0 saturated carbocycles. The van der Waals surface area contributed by atoms with E-state index in [0.29, 0.717) is 6.07 Å². The van der Waals surface area contributed by atoms with E-state index in [0.717, 1.165) is 6.07 Å². The van der Waals surface area contributed by atoms with Gasteiger partial charge in [-0.15, -0.1) is 0 Å². The highest BCUT2D eigenvalue weighted by Crippen LogP contribution is 2.24. The number of benzene rings is 1. The minimum Gasteiger partial charge on any atom is -0.351 e. The molecule has 0 spiro atoms. The lowest BCUT2D eigenvalue weighted by Gasteiger charge is -2.08. The van der Waals surface area contributed by atoms with Crippen LogP contribution in [-0.4, -0.2) is 4.98 Å². The van der Waals surface area contributed by atoms with Gasteiger partial charge in [0.1, 0.15) is 11.9 Å². The summed E-state index contributed by atoms with van der Waals surface area (Å²) in [7, 11) is 0. The number of nitriles is 1. The van der Waals surface area contributed by atoms with Crippen molar-refractivity contribution in [3.8, 4) is 6.07 Å². The van der Waals surface area contributed by atoms with Gasteiger partial charge in [0.05, 0.1) is 11.4 Å². The van der Waals surface area contributed by atoms with Crippen LogP contribution in [0.5, 0.6) is 0 Å². The number of rotatable bonds is 2. The van der Waals surface area contributed by atoms with E-state index in [1.54, 1.807) is 6.07 Å². The molecule has 0 saturated heterocycles. The van der Waals surface area contributed by atoms with Gasteiger partial charge in [0, 0.05) is 18.3 Å². The van der Waals surface area contributed by atoms with E-state index >= 15 is 0 Å². The maximum atomic E-state index is 13.4. The Balaban J connectivity index is 2.44. The summed E-state index contributed by atoms with van der Waals surface area (Å²) in [6.45, 7) is 0. The summed E-state index contributed by atoms with van der Waals surface area (Å²) in [6.07, 6.45) is 1.38. The Hall–Kier alpha value is -2.55. The molecule has 1 heterocycles. The average molecular weight is 249 g/mol. The fourth-order valence-electron chi connectivity index (χ4n) is 1.39. The first kappa shape index (κ1) is 11.9. The lowest BCUT2D eigenvalue weighted by atomic mass is 10.2. The fraction of sp³-hybridized carbons (Fsp3) is 0. The number of pyridine rings is 1. The summed E-state index contributed by atoms with van der Waals surface area (Å²) < 4.78 is 39.4. The monoisotopic (exact) mass is 249 g/mol. The van der Waals surface area contributed by atoms with E-state index in [-0.39, 0.29) is 11.4 Å². The van der Waals surface area contributed by atoms with Gasteiger partial charge in [0.2, 0.25) is 0 Å². The van der Waals surface area contributed by atoms with Crippen molar-refractivity contribution in [1.29, 1.82) is 5.26 Å². The van der Waals surface area contributed by atoms with E-state index in [9.17, 15) is 13.2 Å². The van der Waals surface area contributed by atoms with Crippen molar-refractivity contribution in [3.63, 3.8) is 0 Å². The number of anilines is 2. The Morgan fingerprint density at radius 1 is 1.17 bits per heavy atom. The molecule has 0 amide bonds. The summed E-state index contributed by atoms with van der Waals surface area (Å²) in [5.74, 6) is -3.44. The number of hydrogen-bond donors (Lipinski definition) is 1. The number of nitrogens with one attached hydrogen (secondary N) is 1. The van der Waals surface area contributed by atoms with Crippen LogP contribution in [0, 0.1) is 28.8 Å². The van der Waals surface area contributed by atoms with Gasteiger partial charge >= 0.3 is 0 Å². The van der Waals surface area contributed by atoms with Crippen LogP contribution < -0.4 is 5.32 Å². The number of hydrogen-bond acceptors (Lipinski definition) is 3. The maximum absolute atomic E-state index is 13.4. The smallest absolute Gasteiger partial charge is 0.182 e. The van der Waals surface area contributed by atoms with Crippen molar-refractivity contribution in [2.45, 2.75) is 0 Å². The minimum absolute atomic E-state index is 0.00145. The number of aromatic nitrogens is 1. The number of nitrogens with zero attached hydrogens (tertiary/aromatic N) is 2. The molecule has 0 aliphatic carbocycles. The third-order valence-corrected chi connectivity index (χ3v) is 2.18. The van der Waals surface area contributed by atoms with Crippen LogP contribution in [-0.2, 0) is 0 Å². The molecule has 0 atom stereocenters. The van der Waals surface area contributed by atoms with E-state index in [2.05, 4.69) is 10.3 Å². The van der Waals surface area contributed by atoms with Crippen molar-refractivity contribution < 1.29 is 13.2 Å². The van der Waals surface area contributed by atoms with E-state index < -0.39 is 23.1 Å². The third-order valence-electron chi connectivity index (χ3n) is 2.18. The van der Waals surface area contributed by atoms with Crippen LogP contribution in [0.3, 0.4) is 0 Å². The van der Waals surface area contributed by atoms with Gasteiger partial charge in [-0.2, -0.15) is 5.26 Å². The molecule has 0 radical (unpaired) electrons. The van der Waals surface area contributed by atoms with E-state index in [1.165, 1.54) is 18.3 Å². The molecule has 0 aliphatic heterocycles. The molecule has 3 nitrogen and oxygen atoms in total. The maximum Gasteiger partial charge on any atom is 0.182 e. The Morgan fingerprint density at radius 2 is 1.94 bits per heavy atom. The summed E-state index contributed by atoms with van der Waals surface area (Å²) in [6, 6.07) is 5.98. The normalized spacial score (nSPS) is 9.89. The zero-order chi connectivity index (χ0) is 13.1. The molecular formula is C12H6F3N3. The predicted octanol–water partition coefficient (Wildman–Crippen LogP) is 3.11. The van der Waals surface area contributed by atoms with Crippen molar-refractivity contribution in [1.82, 2.24) is 4.98 Å². The summed E-state index contributed by atoms with van der Waals surface area (Å²) in [5, 5.41) is 11.2. The largest absolute Gasteiger partial charge is 0.351 e. The highest BCUT2D eigenvalue weighted by molar-refractivity contribution is 5.64. The average Bonchev–Trinajstić information content (AvgIpc) is 2.36. The van der Waals surface area contributed by atoms with Crippen molar-refractivity contribution >= 4 is 11.4 Å². The first-order valence-electron chi connectivity index (χ1n) is 4.88. The van der Waals surface area contributed by atoms with Crippen molar-refractivity contribution in [2.75, 3.05) is 5.32 Å². The van der Waals surface area contributed by atoms with Crippen LogP contribution >= 0.6 is 0 Å². The molecule has 2 rings (SSSR count). The van der Waals surface area contributed by atoms with E-state index in [4.69, 9.17) is 5.26 Å². The SMILES string of the molecule is N#Cc1ncccc1Nc1cc(F)cc(F)c1F. The van der Waals surface area contributed by atoms with Crippen LogP contribution in [0.4, 0.5) is 24.5 Å². The minimum atomic E-state index is -1.31. The topological polar surface area (TPSA) is 48.7 Å². The summed E-state index contributed by atoms with van der Waals surface area (Å²) in [5.41, 5.74) is -0.220. The molecule has 0 fully saturated rings. The molecule has 18 heavy (non-hydrogen) atoms. The highest BCUT2D eigenvalue weighted by Gasteiger charge is 2.12. The van der Waals surface area contributed by atoms with Gasteiger partial charge in [-0.05, 0) is 12.1 Å².